The maximum Gasteiger partial charge on any atom is 0.325 e. The highest BCUT2D eigenvalue weighted by Gasteiger charge is 2.11. The minimum absolute atomic E-state index is 0.360. The molecule has 8 nitrogen and oxygen atoms in total. The molecule has 0 atom stereocenters. The zero-order valence-corrected chi connectivity index (χ0v) is 14.6. The number of anilines is 2. The fourth-order valence-electron chi connectivity index (χ4n) is 2.29. The smallest absolute Gasteiger partial charge is 0.325 e. The van der Waals surface area contributed by atoms with Crippen molar-refractivity contribution in [3.05, 3.63) is 49.1 Å². The molecule has 0 radical (unpaired) electrons. The number of rotatable bonds is 6. The Hall–Kier alpha value is -3.26. The van der Waals surface area contributed by atoms with Crippen LogP contribution in [0.15, 0.2) is 49.1 Å². The minimum atomic E-state index is -0.432. The van der Waals surface area contributed by atoms with Gasteiger partial charge in [-0.2, -0.15) is 0 Å². The van der Waals surface area contributed by atoms with Gasteiger partial charge in [0.2, 0.25) is 0 Å². The number of urea groups is 1. The van der Waals surface area contributed by atoms with Crippen LogP contribution in [0.5, 0.6) is 5.75 Å². The van der Waals surface area contributed by atoms with Crippen molar-refractivity contribution in [2.75, 3.05) is 37.9 Å². The number of pyridine rings is 1. The summed E-state index contributed by atoms with van der Waals surface area (Å²) >= 11 is 0. The van der Waals surface area contributed by atoms with Gasteiger partial charge in [-0.05, 0) is 32.3 Å². The average Bonchev–Trinajstić information content (AvgIpc) is 2.62. The topological polar surface area (TPSA) is 92.3 Å². The van der Waals surface area contributed by atoms with Crippen molar-refractivity contribution in [2.24, 2.45) is 0 Å². The summed E-state index contributed by atoms with van der Waals surface area (Å²) < 4.78 is 5.87. The Kier molecular flexibility index (Phi) is 5.55. The van der Waals surface area contributed by atoms with Crippen molar-refractivity contribution < 1.29 is 9.53 Å². The van der Waals surface area contributed by atoms with Gasteiger partial charge in [0.1, 0.15) is 12.4 Å². The van der Waals surface area contributed by atoms with E-state index in [1.165, 1.54) is 18.6 Å². The molecule has 8 heteroatoms. The first-order valence-corrected chi connectivity index (χ1v) is 8.12. The first-order valence-electron chi connectivity index (χ1n) is 8.12. The highest BCUT2D eigenvalue weighted by Crippen LogP contribution is 2.29. The molecule has 2 aromatic heterocycles. The number of amides is 2. The second kappa shape index (κ2) is 8.21. The molecule has 0 aliphatic heterocycles. The fraction of sp³-hybridized carbons (Fsp3) is 0.222. The lowest BCUT2D eigenvalue weighted by atomic mass is 10.2. The van der Waals surface area contributed by atoms with Gasteiger partial charge in [0, 0.05) is 30.5 Å². The van der Waals surface area contributed by atoms with Crippen LogP contribution in [0.2, 0.25) is 0 Å². The van der Waals surface area contributed by atoms with E-state index in [0.29, 0.717) is 23.9 Å². The number of hydrogen-bond acceptors (Lipinski definition) is 6. The van der Waals surface area contributed by atoms with Gasteiger partial charge in [0.15, 0.2) is 5.82 Å². The Morgan fingerprint density at radius 1 is 1.15 bits per heavy atom. The van der Waals surface area contributed by atoms with E-state index < -0.39 is 6.03 Å². The van der Waals surface area contributed by atoms with E-state index in [4.69, 9.17) is 4.74 Å². The van der Waals surface area contributed by atoms with Gasteiger partial charge in [-0.3, -0.25) is 15.3 Å². The number of aromatic nitrogens is 3. The molecule has 0 fully saturated rings. The molecule has 1 aromatic carbocycles. The third-order valence-corrected chi connectivity index (χ3v) is 3.55. The SMILES string of the molecule is CN(C)CCOc1cc2cccnc2cc1NC(=O)Nc1cnccn1. The van der Waals surface area contributed by atoms with Gasteiger partial charge < -0.3 is 15.0 Å². The first kappa shape index (κ1) is 17.6. The lowest BCUT2D eigenvalue weighted by molar-refractivity contribution is 0.258. The second-order valence-corrected chi connectivity index (χ2v) is 5.87. The summed E-state index contributed by atoms with van der Waals surface area (Å²) in [5.41, 5.74) is 1.30. The van der Waals surface area contributed by atoms with E-state index in [9.17, 15) is 4.79 Å². The Labute approximate surface area is 151 Å². The highest BCUT2D eigenvalue weighted by molar-refractivity contribution is 6.01. The van der Waals surface area contributed by atoms with Crippen molar-refractivity contribution >= 4 is 28.4 Å². The maximum absolute atomic E-state index is 12.3. The van der Waals surface area contributed by atoms with Crippen LogP contribution in [0.3, 0.4) is 0 Å². The lowest BCUT2D eigenvalue weighted by Crippen LogP contribution is -2.22. The first-order chi connectivity index (χ1) is 12.6. The van der Waals surface area contributed by atoms with Crippen LogP contribution in [0, 0.1) is 0 Å². The number of benzene rings is 1. The van der Waals surface area contributed by atoms with Gasteiger partial charge in [0.05, 0.1) is 17.4 Å². The van der Waals surface area contributed by atoms with Gasteiger partial charge >= 0.3 is 6.03 Å². The second-order valence-electron chi connectivity index (χ2n) is 5.87. The van der Waals surface area contributed by atoms with Crippen LogP contribution in [0.25, 0.3) is 10.9 Å². The molecule has 0 saturated heterocycles. The summed E-state index contributed by atoms with van der Waals surface area (Å²) in [4.78, 5) is 26.6. The third kappa shape index (κ3) is 4.64. The molecule has 26 heavy (non-hydrogen) atoms. The number of fused-ring (bicyclic) bond motifs is 1. The number of nitrogens with one attached hydrogen (secondary N) is 2. The molecule has 0 aliphatic carbocycles. The van der Waals surface area contributed by atoms with Crippen molar-refractivity contribution in [3.8, 4) is 5.75 Å². The number of carbonyl (C=O) groups excluding carboxylic acids is 1. The van der Waals surface area contributed by atoms with Gasteiger partial charge in [0.25, 0.3) is 0 Å². The van der Waals surface area contributed by atoms with E-state index in [1.54, 1.807) is 12.3 Å². The molecule has 134 valence electrons. The van der Waals surface area contributed by atoms with Crippen molar-refractivity contribution in [1.82, 2.24) is 19.9 Å². The molecule has 0 spiro atoms. The van der Waals surface area contributed by atoms with Crippen LogP contribution in [-0.2, 0) is 0 Å². The van der Waals surface area contributed by atoms with Crippen LogP contribution in [0.4, 0.5) is 16.3 Å². The van der Waals surface area contributed by atoms with E-state index in [1.807, 2.05) is 37.2 Å². The number of hydrogen-bond donors (Lipinski definition) is 2. The minimum Gasteiger partial charge on any atom is -0.490 e. The largest absolute Gasteiger partial charge is 0.490 e. The number of carbonyl (C=O) groups is 1. The zero-order chi connectivity index (χ0) is 18.4. The monoisotopic (exact) mass is 352 g/mol. The number of likely N-dealkylation sites (N-methyl/N-ethyl adjacent to an activating group) is 1. The Balaban J connectivity index is 1.80. The molecule has 0 aliphatic rings. The van der Waals surface area contributed by atoms with E-state index in [-0.39, 0.29) is 0 Å². The Morgan fingerprint density at radius 3 is 2.81 bits per heavy atom. The molecular formula is C18H20N6O2. The van der Waals surface area contributed by atoms with E-state index in [2.05, 4.69) is 25.6 Å². The third-order valence-electron chi connectivity index (χ3n) is 3.55. The molecule has 2 N–H and O–H groups in total. The molecular weight excluding hydrogens is 332 g/mol. The quantitative estimate of drug-likeness (QED) is 0.708. The van der Waals surface area contributed by atoms with Crippen molar-refractivity contribution in [2.45, 2.75) is 0 Å². The van der Waals surface area contributed by atoms with Crippen LogP contribution in [-0.4, -0.2) is 53.1 Å². The summed E-state index contributed by atoms with van der Waals surface area (Å²) in [7, 11) is 3.95. The standard InChI is InChI=1S/C18H20N6O2/c1-24(2)8-9-26-16-10-13-4-3-5-20-14(13)11-15(16)22-18(25)23-17-12-19-6-7-21-17/h3-7,10-12H,8-9H2,1-2H3,(H2,21,22,23,25). The molecule has 3 aromatic rings. The van der Waals surface area contributed by atoms with Crippen LogP contribution >= 0.6 is 0 Å². The Morgan fingerprint density at radius 2 is 2.04 bits per heavy atom. The summed E-state index contributed by atoms with van der Waals surface area (Å²) in [6, 6.07) is 7.04. The molecule has 3 rings (SSSR count). The molecule has 2 heterocycles. The normalized spacial score (nSPS) is 10.7. The number of ether oxygens (including phenoxy) is 1. The van der Waals surface area contributed by atoms with E-state index in [0.717, 1.165) is 17.4 Å². The fourth-order valence-corrected chi connectivity index (χ4v) is 2.29. The van der Waals surface area contributed by atoms with Crippen LogP contribution < -0.4 is 15.4 Å². The highest BCUT2D eigenvalue weighted by atomic mass is 16.5. The summed E-state index contributed by atoms with van der Waals surface area (Å²) in [6.07, 6.45) is 6.22. The Bertz CT molecular complexity index is 885. The number of nitrogens with zero attached hydrogens (tertiary/aromatic N) is 4. The predicted molar refractivity (Wildman–Crippen MR) is 100 cm³/mol. The maximum atomic E-state index is 12.3. The molecule has 0 unspecified atom stereocenters. The van der Waals surface area contributed by atoms with Crippen LogP contribution in [0.1, 0.15) is 0 Å². The zero-order valence-electron chi connectivity index (χ0n) is 14.6. The average molecular weight is 352 g/mol. The molecule has 0 bridgehead atoms. The molecule has 0 saturated carbocycles. The summed E-state index contributed by atoms with van der Waals surface area (Å²) in [6.45, 7) is 1.26. The van der Waals surface area contributed by atoms with Gasteiger partial charge in [-0.15, -0.1) is 0 Å². The van der Waals surface area contributed by atoms with E-state index >= 15 is 0 Å². The van der Waals surface area contributed by atoms with Gasteiger partial charge in [-0.1, -0.05) is 6.07 Å². The predicted octanol–water partition coefficient (Wildman–Crippen LogP) is 2.61. The summed E-state index contributed by atoms with van der Waals surface area (Å²) in [5.74, 6) is 0.945. The molecule has 2 amide bonds. The summed E-state index contributed by atoms with van der Waals surface area (Å²) in [5, 5.41) is 6.36. The van der Waals surface area contributed by atoms with Crippen molar-refractivity contribution in [3.63, 3.8) is 0 Å². The van der Waals surface area contributed by atoms with Crippen molar-refractivity contribution in [1.29, 1.82) is 0 Å². The lowest BCUT2D eigenvalue weighted by Gasteiger charge is -2.15. The van der Waals surface area contributed by atoms with Gasteiger partial charge in [-0.25, -0.2) is 9.78 Å².